The quantitative estimate of drug-likeness (QED) is 0.508. The van der Waals surface area contributed by atoms with Crippen molar-refractivity contribution in [1.29, 1.82) is 0 Å². The summed E-state index contributed by atoms with van der Waals surface area (Å²) in [7, 11) is 0. The Hall–Kier alpha value is -3.47. The van der Waals surface area contributed by atoms with Crippen LogP contribution in [0.4, 0.5) is 11.5 Å². The third-order valence-corrected chi connectivity index (χ3v) is 5.32. The van der Waals surface area contributed by atoms with Crippen molar-refractivity contribution in [1.82, 2.24) is 4.98 Å². The molecule has 0 atom stereocenters. The van der Waals surface area contributed by atoms with Gasteiger partial charge in [0.25, 0.3) is 5.91 Å². The van der Waals surface area contributed by atoms with Gasteiger partial charge in [-0.15, -0.1) is 0 Å². The number of pyridine rings is 1. The topological polar surface area (TPSA) is 71.1 Å². The van der Waals surface area contributed by atoms with Gasteiger partial charge in [0.05, 0.1) is 5.56 Å². The summed E-state index contributed by atoms with van der Waals surface area (Å²) in [6, 6.07) is 19.1. The predicted molar refractivity (Wildman–Crippen MR) is 119 cm³/mol. The molecule has 1 heterocycles. The molecular formula is C25H25N3O2. The standard InChI is InChI=1S/C25H25N3O2/c1-17-7-10-20(23(29)13-18-8-9-18)14-22(17)28-25(30)21-11-12-24(27-16-21)26-15-19-5-3-2-4-6-19/h2-7,10-12,14,16,18H,8-9,13,15H2,1H3,(H,26,27)(H,28,30). The maximum Gasteiger partial charge on any atom is 0.257 e. The van der Waals surface area contributed by atoms with Gasteiger partial charge < -0.3 is 10.6 Å². The van der Waals surface area contributed by atoms with E-state index in [0.717, 1.165) is 24.0 Å². The van der Waals surface area contributed by atoms with Gasteiger partial charge in [0.15, 0.2) is 5.78 Å². The third-order valence-electron chi connectivity index (χ3n) is 5.32. The predicted octanol–water partition coefficient (Wildman–Crippen LogP) is 5.24. The van der Waals surface area contributed by atoms with Crippen molar-refractivity contribution in [3.8, 4) is 0 Å². The molecule has 1 saturated carbocycles. The zero-order valence-electron chi connectivity index (χ0n) is 17.0. The van der Waals surface area contributed by atoms with E-state index >= 15 is 0 Å². The Morgan fingerprint density at radius 2 is 1.77 bits per heavy atom. The molecule has 0 spiro atoms. The number of amides is 1. The molecule has 152 valence electrons. The van der Waals surface area contributed by atoms with Crippen LogP contribution in [0.2, 0.25) is 0 Å². The van der Waals surface area contributed by atoms with Gasteiger partial charge in [-0.2, -0.15) is 0 Å². The summed E-state index contributed by atoms with van der Waals surface area (Å²) in [6.45, 7) is 2.58. The van der Waals surface area contributed by atoms with Gasteiger partial charge in [-0.1, -0.05) is 42.5 Å². The minimum atomic E-state index is -0.244. The van der Waals surface area contributed by atoms with E-state index in [0.29, 0.717) is 41.5 Å². The zero-order chi connectivity index (χ0) is 20.9. The lowest BCUT2D eigenvalue weighted by Gasteiger charge is -2.11. The second kappa shape index (κ2) is 8.91. The molecule has 1 aromatic heterocycles. The highest BCUT2D eigenvalue weighted by Gasteiger charge is 2.25. The fraction of sp³-hybridized carbons (Fsp3) is 0.240. The molecule has 3 aromatic rings. The van der Waals surface area contributed by atoms with Gasteiger partial charge in [0.1, 0.15) is 5.82 Å². The Bertz CT molecular complexity index is 1040. The molecule has 4 rings (SSSR count). The van der Waals surface area contributed by atoms with Crippen LogP contribution in [0.15, 0.2) is 66.9 Å². The van der Waals surface area contributed by atoms with Crippen LogP contribution < -0.4 is 10.6 Å². The van der Waals surface area contributed by atoms with E-state index in [4.69, 9.17) is 0 Å². The van der Waals surface area contributed by atoms with E-state index in [-0.39, 0.29) is 11.7 Å². The van der Waals surface area contributed by atoms with Crippen LogP contribution in [0.1, 0.15) is 51.1 Å². The van der Waals surface area contributed by atoms with E-state index in [1.807, 2.05) is 49.4 Å². The lowest BCUT2D eigenvalue weighted by Crippen LogP contribution is -2.14. The number of nitrogens with one attached hydrogen (secondary N) is 2. The molecule has 0 aliphatic heterocycles. The summed E-state index contributed by atoms with van der Waals surface area (Å²) in [5.41, 5.74) is 3.86. The molecule has 1 fully saturated rings. The summed E-state index contributed by atoms with van der Waals surface area (Å²) in [5, 5.41) is 6.16. The number of rotatable bonds is 8. The fourth-order valence-corrected chi connectivity index (χ4v) is 3.25. The Kier molecular flexibility index (Phi) is 5.89. The number of Topliss-reactive ketones (excluding diaryl/α,β-unsaturated/α-hetero) is 1. The highest BCUT2D eigenvalue weighted by Crippen LogP contribution is 2.34. The van der Waals surface area contributed by atoms with Crippen molar-refractivity contribution in [2.45, 2.75) is 32.7 Å². The van der Waals surface area contributed by atoms with Crippen LogP contribution in [-0.4, -0.2) is 16.7 Å². The summed E-state index contributed by atoms with van der Waals surface area (Å²) >= 11 is 0. The molecule has 1 aliphatic rings. The van der Waals surface area contributed by atoms with Crippen molar-refractivity contribution < 1.29 is 9.59 Å². The van der Waals surface area contributed by atoms with Crippen LogP contribution in [-0.2, 0) is 6.54 Å². The van der Waals surface area contributed by atoms with E-state index in [2.05, 4.69) is 15.6 Å². The molecule has 0 saturated heterocycles. The highest BCUT2D eigenvalue weighted by atomic mass is 16.1. The van der Waals surface area contributed by atoms with E-state index in [1.54, 1.807) is 24.4 Å². The van der Waals surface area contributed by atoms with Gasteiger partial charge in [-0.3, -0.25) is 9.59 Å². The number of nitrogens with zero attached hydrogens (tertiary/aromatic N) is 1. The minimum Gasteiger partial charge on any atom is -0.366 e. The number of aromatic nitrogens is 1. The van der Waals surface area contributed by atoms with Crippen molar-refractivity contribution >= 4 is 23.2 Å². The van der Waals surface area contributed by atoms with E-state index in [1.165, 1.54) is 0 Å². The number of carbonyl (C=O) groups is 2. The molecule has 0 bridgehead atoms. The molecule has 30 heavy (non-hydrogen) atoms. The number of benzene rings is 2. The largest absolute Gasteiger partial charge is 0.366 e. The van der Waals surface area contributed by atoms with Gasteiger partial charge in [-0.25, -0.2) is 4.98 Å². The molecular weight excluding hydrogens is 374 g/mol. The second-order valence-electron chi connectivity index (χ2n) is 7.83. The van der Waals surface area contributed by atoms with Crippen LogP contribution in [0.25, 0.3) is 0 Å². The van der Waals surface area contributed by atoms with Crippen LogP contribution in [0, 0.1) is 12.8 Å². The normalized spacial score (nSPS) is 13.0. The van der Waals surface area contributed by atoms with Gasteiger partial charge >= 0.3 is 0 Å². The molecule has 2 N–H and O–H groups in total. The van der Waals surface area contributed by atoms with Crippen LogP contribution >= 0.6 is 0 Å². The van der Waals surface area contributed by atoms with Crippen LogP contribution in [0.3, 0.4) is 0 Å². The van der Waals surface area contributed by atoms with Crippen molar-refractivity contribution in [3.05, 3.63) is 89.1 Å². The van der Waals surface area contributed by atoms with Crippen molar-refractivity contribution in [2.75, 3.05) is 10.6 Å². The lowest BCUT2D eigenvalue weighted by atomic mass is 10.0. The lowest BCUT2D eigenvalue weighted by molar-refractivity contribution is 0.0974. The number of hydrogen-bond acceptors (Lipinski definition) is 4. The van der Waals surface area contributed by atoms with E-state index in [9.17, 15) is 9.59 Å². The molecule has 1 aliphatic carbocycles. The number of anilines is 2. The zero-order valence-corrected chi connectivity index (χ0v) is 17.0. The monoisotopic (exact) mass is 399 g/mol. The number of hydrogen-bond donors (Lipinski definition) is 2. The number of aryl methyl sites for hydroxylation is 1. The first-order valence-corrected chi connectivity index (χ1v) is 10.3. The number of carbonyl (C=O) groups excluding carboxylic acids is 2. The fourth-order valence-electron chi connectivity index (χ4n) is 3.25. The molecule has 2 aromatic carbocycles. The SMILES string of the molecule is Cc1ccc(C(=O)CC2CC2)cc1NC(=O)c1ccc(NCc2ccccc2)nc1. The Morgan fingerprint density at radius 3 is 2.47 bits per heavy atom. The van der Waals surface area contributed by atoms with Crippen LogP contribution in [0.5, 0.6) is 0 Å². The van der Waals surface area contributed by atoms with E-state index < -0.39 is 0 Å². The first-order valence-electron chi connectivity index (χ1n) is 10.3. The molecule has 0 unspecified atom stereocenters. The first-order chi connectivity index (χ1) is 14.6. The van der Waals surface area contributed by atoms with Gasteiger partial charge in [0.2, 0.25) is 0 Å². The first kappa shape index (κ1) is 19.8. The Morgan fingerprint density at radius 1 is 1.00 bits per heavy atom. The summed E-state index contributed by atoms with van der Waals surface area (Å²) in [4.78, 5) is 29.4. The maximum absolute atomic E-state index is 12.7. The second-order valence-corrected chi connectivity index (χ2v) is 7.83. The molecule has 0 radical (unpaired) electrons. The van der Waals surface area contributed by atoms with Crippen molar-refractivity contribution in [3.63, 3.8) is 0 Å². The Labute approximate surface area is 176 Å². The maximum atomic E-state index is 12.7. The average molecular weight is 399 g/mol. The molecule has 5 nitrogen and oxygen atoms in total. The van der Waals surface area contributed by atoms with Gasteiger partial charge in [-0.05, 0) is 55.0 Å². The Balaban J connectivity index is 1.39. The molecule has 1 amide bonds. The van der Waals surface area contributed by atoms with Crippen molar-refractivity contribution in [2.24, 2.45) is 5.92 Å². The smallest absolute Gasteiger partial charge is 0.257 e. The summed E-state index contributed by atoms with van der Waals surface area (Å²) in [6.07, 6.45) is 4.44. The van der Waals surface area contributed by atoms with Gasteiger partial charge in [0, 0.05) is 30.4 Å². The highest BCUT2D eigenvalue weighted by molar-refractivity contribution is 6.05. The average Bonchev–Trinajstić information content (AvgIpc) is 3.59. The molecule has 5 heteroatoms. The third kappa shape index (κ3) is 5.11. The number of ketones is 1. The minimum absolute atomic E-state index is 0.142. The summed E-state index contributed by atoms with van der Waals surface area (Å²) in [5.74, 6) is 1.15. The summed E-state index contributed by atoms with van der Waals surface area (Å²) < 4.78 is 0.